The number of hydrogen-bond donors (Lipinski definition) is 2. The molecule has 1 aliphatic rings. The molecule has 2 amide bonds. The summed E-state index contributed by atoms with van der Waals surface area (Å²) in [5.41, 5.74) is 6.35. The summed E-state index contributed by atoms with van der Waals surface area (Å²) in [7, 11) is 0. The van der Waals surface area contributed by atoms with E-state index in [1.165, 1.54) is 11.8 Å². The number of aromatic nitrogens is 2. The fourth-order valence-corrected chi connectivity index (χ4v) is 2.92. The van der Waals surface area contributed by atoms with Crippen molar-refractivity contribution >= 4 is 36.1 Å². The van der Waals surface area contributed by atoms with E-state index < -0.39 is 5.91 Å². The van der Waals surface area contributed by atoms with Crippen LogP contribution in [0.15, 0.2) is 17.2 Å². The Balaban J connectivity index is 2.13. The number of anilines is 1. The third-order valence-electron chi connectivity index (χ3n) is 3.81. The number of carbonyl (C=O) groups excluding carboxylic acids is 2. The molecule has 0 spiro atoms. The molecule has 23 heavy (non-hydrogen) atoms. The maximum atomic E-state index is 11.7. The zero-order chi connectivity index (χ0) is 16.7. The lowest BCUT2D eigenvalue weighted by Crippen LogP contribution is -2.37. The van der Waals surface area contributed by atoms with E-state index in [0.29, 0.717) is 28.9 Å². The van der Waals surface area contributed by atoms with Crippen molar-refractivity contribution in [2.75, 3.05) is 30.8 Å². The molecule has 8 heteroatoms. The molecule has 7 nitrogen and oxygen atoms in total. The number of hydrogen-bond acceptors (Lipinski definition) is 7. The molecule has 3 N–H and O–H groups in total. The number of thioether (sulfide) groups is 1. The third-order valence-corrected chi connectivity index (χ3v) is 4.55. The average Bonchev–Trinajstić information content (AvgIpc) is 2.60. The van der Waals surface area contributed by atoms with Gasteiger partial charge in [-0.25, -0.2) is 9.97 Å². The van der Waals surface area contributed by atoms with Gasteiger partial charge in [-0.15, -0.1) is 11.8 Å². The van der Waals surface area contributed by atoms with Gasteiger partial charge in [0.05, 0.1) is 10.6 Å². The first-order chi connectivity index (χ1) is 11.2. The van der Waals surface area contributed by atoms with E-state index in [9.17, 15) is 9.59 Å². The maximum Gasteiger partial charge on any atom is 0.264 e. The van der Waals surface area contributed by atoms with Crippen LogP contribution in [0.25, 0.3) is 6.08 Å². The Bertz CT molecular complexity index is 585. The van der Waals surface area contributed by atoms with E-state index in [1.807, 2.05) is 0 Å². The highest BCUT2D eigenvalue weighted by molar-refractivity contribution is 8.03. The molecule has 0 unspecified atom stereocenters. The number of amides is 2. The van der Waals surface area contributed by atoms with Crippen molar-refractivity contribution in [1.82, 2.24) is 15.3 Å². The minimum absolute atomic E-state index is 0.374. The fourth-order valence-electron chi connectivity index (χ4n) is 2.44. The highest BCUT2D eigenvalue weighted by Crippen LogP contribution is 2.21. The summed E-state index contributed by atoms with van der Waals surface area (Å²) in [6, 6.07) is 1.74. The third kappa shape index (κ3) is 4.77. The number of nitrogens with two attached hydrogens (primary N) is 1. The van der Waals surface area contributed by atoms with E-state index in [0.717, 1.165) is 32.5 Å². The summed E-state index contributed by atoms with van der Waals surface area (Å²) in [6.45, 7) is 2.49. The minimum atomic E-state index is -0.434. The first-order valence-electron chi connectivity index (χ1n) is 7.46. The number of rotatable bonds is 6. The van der Waals surface area contributed by atoms with E-state index >= 15 is 0 Å². The fraction of sp³-hybridized carbons (Fsp3) is 0.467. The molecule has 0 atom stereocenters. The molecular weight excluding hydrogens is 314 g/mol. The zero-order valence-corrected chi connectivity index (χ0v) is 13.9. The molecule has 124 valence electrons. The van der Waals surface area contributed by atoms with E-state index in [4.69, 9.17) is 5.73 Å². The summed E-state index contributed by atoms with van der Waals surface area (Å²) in [5.74, 6) is 0.798. The predicted octanol–water partition coefficient (Wildman–Crippen LogP) is 0.628. The van der Waals surface area contributed by atoms with Crippen molar-refractivity contribution in [3.05, 3.63) is 22.9 Å². The van der Waals surface area contributed by atoms with Crippen molar-refractivity contribution in [1.29, 1.82) is 0 Å². The molecule has 1 fully saturated rings. The van der Waals surface area contributed by atoms with Crippen LogP contribution in [0.1, 0.15) is 18.5 Å². The van der Waals surface area contributed by atoms with Gasteiger partial charge in [-0.3, -0.25) is 14.9 Å². The Hall–Kier alpha value is -1.93. The van der Waals surface area contributed by atoms with Crippen molar-refractivity contribution in [3.63, 3.8) is 0 Å². The molecule has 0 aliphatic carbocycles. The molecule has 1 saturated heterocycles. The van der Waals surface area contributed by atoms with E-state index in [2.05, 4.69) is 20.2 Å². The number of imide groups is 1. The van der Waals surface area contributed by atoms with Crippen molar-refractivity contribution in [2.45, 2.75) is 12.8 Å². The van der Waals surface area contributed by atoms with Gasteiger partial charge in [-0.2, -0.15) is 0 Å². The lowest BCUT2D eigenvalue weighted by atomic mass is 9.97. The van der Waals surface area contributed by atoms with Crippen LogP contribution >= 0.6 is 11.8 Å². The van der Waals surface area contributed by atoms with Gasteiger partial charge in [-0.1, -0.05) is 0 Å². The smallest absolute Gasteiger partial charge is 0.264 e. The molecule has 1 aliphatic heterocycles. The summed E-state index contributed by atoms with van der Waals surface area (Å²) < 4.78 is 0. The quantitative estimate of drug-likeness (QED) is 0.581. The Kier molecular flexibility index (Phi) is 6.54. The summed E-state index contributed by atoms with van der Waals surface area (Å²) in [4.78, 5) is 33.5. The normalized spacial score (nSPS) is 16.3. The van der Waals surface area contributed by atoms with Gasteiger partial charge in [0.1, 0.15) is 0 Å². The van der Waals surface area contributed by atoms with Gasteiger partial charge in [-0.05, 0) is 43.7 Å². The van der Waals surface area contributed by atoms with E-state index in [-0.39, 0.29) is 0 Å². The van der Waals surface area contributed by atoms with Gasteiger partial charge in [0, 0.05) is 19.3 Å². The molecule has 0 radical (unpaired) electrons. The molecule has 0 saturated carbocycles. The lowest BCUT2D eigenvalue weighted by Gasteiger charge is -2.31. The van der Waals surface area contributed by atoms with Gasteiger partial charge in [0.25, 0.3) is 5.91 Å². The molecule has 1 aromatic heterocycles. The molecule has 2 heterocycles. The Labute approximate surface area is 139 Å². The van der Waals surface area contributed by atoms with Crippen LogP contribution in [0.5, 0.6) is 0 Å². The molecule has 2 rings (SSSR count). The van der Waals surface area contributed by atoms with Gasteiger partial charge in [0.15, 0.2) is 0 Å². The van der Waals surface area contributed by atoms with Crippen LogP contribution < -0.4 is 16.0 Å². The Morgan fingerprint density at radius 1 is 1.52 bits per heavy atom. The highest BCUT2D eigenvalue weighted by Gasteiger charge is 2.20. The molecule has 1 aromatic rings. The first kappa shape index (κ1) is 17.4. The largest absolute Gasteiger partial charge is 0.341 e. The second-order valence-corrected chi connectivity index (χ2v) is 6.10. The monoisotopic (exact) mass is 335 g/mol. The van der Waals surface area contributed by atoms with Crippen molar-refractivity contribution in [3.8, 4) is 0 Å². The van der Waals surface area contributed by atoms with Crippen molar-refractivity contribution < 1.29 is 9.59 Å². The second kappa shape index (κ2) is 8.64. The average molecular weight is 335 g/mol. The summed E-state index contributed by atoms with van der Waals surface area (Å²) >= 11 is 1.26. The van der Waals surface area contributed by atoms with Crippen LogP contribution in [-0.2, 0) is 9.59 Å². The highest BCUT2D eigenvalue weighted by atomic mass is 32.2. The molecule has 0 bridgehead atoms. The van der Waals surface area contributed by atoms with Gasteiger partial charge >= 0.3 is 0 Å². The number of piperidine rings is 1. The summed E-state index contributed by atoms with van der Waals surface area (Å²) in [6.07, 6.45) is 7.56. The van der Waals surface area contributed by atoms with E-state index in [1.54, 1.807) is 24.6 Å². The Morgan fingerprint density at radius 2 is 2.26 bits per heavy atom. The van der Waals surface area contributed by atoms with Crippen molar-refractivity contribution in [2.24, 2.45) is 11.7 Å². The minimum Gasteiger partial charge on any atom is -0.341 e. The van der Waals surface area contributed by atoms with Crippen LogP contribution in [0.4, 0.5) is 5.95 Å². The standard InChI is InChI=1S/C15H21N5O2S/c1-23-13(14(22)18-10-21)8-12-2-5-17-15(19-12)20-6-3-11(9-16)4-7-20/h2,5,8,10-11H,3-4,6-7,9,16H2,1H3,(H,18,21,22)/b13-8-. The predicted molar refractivity (Wildman–Crippen MR) is 91.7 cm³/mol. The molecular formula is C15H21N5O2S. The van der Waals surface area contributed by atoms with Crippen LogP contribution in [0.2, 0.25) is 0 Å². The maximum absolute atomic E-state index is 11.7. The number of nitrogens with one attached hydrogen (secondary N) is 1. The molecule has 0 aromatic carbocycles. The topological polar surface area (TPSA) is 101 Å². The van der Waals surface area contributed by atoms with Crippen LogP contribution in [-0.4, -0.2) is 48.2 Å². The lowest BCUT2D eigenvalue weighted by molar-refractivity contribution is -0.121. The number of nitrogens with zero attached hydrogens (tertiary/aromatic N) is 3. The first-order valence-corrected chi connectivity index (χ1v) is 8.68. The van der Waals surface area contributed by atoms with Crippen LogP contribution in [0, 0.1) is 5.92 Å². The SMILES string of the molecule is CS/C(=C\c1ccnc(N2CCC(CN)CC2)n1)C(=O)NC=O. The zero-order valence-electron chi connectivity index (χ0n) is 13.1. The second-order valence-electron chi connectivity index (χ2n) is 5.25. The van der Waals surface area contributed by atoms with Crippen LogP contribution in [0.3, 0.4) is 0 Å². The Morgan fingerprint density at radius 3 is 2.87 bits per heavy atom. The summed E-state index contributed by atoms with van der Waals surface area (Å²) in [5, 5.41) is 2.13. The number of carbonyl (C=O) groups is 2. The van der Waals surface area contributed by atoms with Gasteiger partial charge in [0.2, 0.25) is 12.4 Å². The van der Waals surface area contributed by atoms with Gasteiger partial charge < -0.3 is 10.6 Å².